The molecular weight excluding hydrogens is 568 g/mol. The van der Waals surface area contributed by atoms with E-state index in [0.717, 1.165) is 35.8 Å². The van der Waals surface area contributed by atoms with Gasteiger partial charge < -0.3 is 15.4 Å². The summed E-state index contributed by atoms with van der Waals surface area (Å²) in [6, 6.07) is 12.0. The van der Waals surface area contributed by atoms with E-state index in [9.17, 15) is 13.2 Å². The minimum Gasteiger partial charge on any atom is -0.497 e. The first-order chi connectivity index (χ1) is 21.9. The Morgan fingerprint density at radius 2 is 1.81 bits per heavy atom. The highest BCUT2D eigenvalue weighted by molar-refractivity contribution is 7.91. The van der Waals surface area contributed by atoms with Crippen LogP contribution < -0.4 is 10.5 Å². The number of aromatic amines is 1. The number of aromatic nitrogens is 6. The normalized spacial score (nSPS) is 21.4. The molecule has 1 amide bonds. The second-order valence-electron chi connectivity index (χ2n) is 11.1. The van der Waals surface area contributed by atoms with Gasteiger partial charge in [0.15, 0.2) is 9.84 Å². The summed E-state index contributed by atoms with van der Waals surface area (Å²) in [6.07, 6.45) is 8.54. The van der Waals surface area contributed by atoms with Crippen molar-refractivity contribution in [1.82, 2.24) is 34.4 Å². The molecule has 0 radical (unpaired) electrons. The lowest BCUT2D eigenvalue weighted by molar-refractivity contribution is 0.0556. The summed E-state index contributed by atoms with van der Waals surface area (Å²) in [5, 5.41) is 6.46. The van der Waals surface area contributed by atoms with Crippen LogP contribution in [0.3, 0.4) is 0 Å². The Hall–Kier alpha value is -4.78. The number of nitrogens with two attached hydrogens (primary N) is 1. The molecule has 12 nitrogen and oxygen atoms in total. The number of H-pyrrole nitrogens is 1. The van der Waals surface area contributed by atoms with Gasteiger partial charge in [-0.3, -0.25) is 19.3 Å². The first-order valence-electron chi connectivity index (χ1n) is 15.3. The number of sulfone groups is 1. The zero-order valence-corrected chi connectivity index (χ0v) is 24.0. The van der Waals surface area contributed by atoms with Crippen molar-refractivity contribution < 1.29 is 22.1 Å². The molecule has 4 aromatic heterocycles. The number of nitrogen functional groups attached to an aromatic ring is 1. The average molecular weight is 602 g/mol. The number of nitrogens with zero attached hydrogens (tertiary/aromatic N) is 6. The smallest absolute Gasteiger partial charge is 0.291 e. The van der Waals surface area contributed by atoms with Gasteiger partial charge in [-0.2, -0.15) is 5.10 Å². The summed E-state index contributed by atoms with van der Waals surface area (Å²) in [6.45, 7) is 0. The van der Waals surface area contributed by atoms with Gasteiger partial charge >= 0.3 is 0 Å². The molecule has 7 rings (SSSR count). The maximum absolute atomic E-state index is 13.2. The maximum atomic E-state index is 13.2. The fraction of sp³-hybridized carbons (Fsp3) is 0.300. The molecule has 0 spiro atoms. The standard InChI is InChI=1S/C30H30N8O4S/c1-42-22-8-3-17(4-9-22)24-10-5-18(15-32-24)23-11-12-37-27(31)26(43(2,40)41)25(35-29(23)37)19-13-20-6-7-21(14-19)38(20)30(39)28-33-16-34-36-28/h3-5,8-12,15-16,19-21H,6-7,13-14,31H2,1-2H3,(H,33,34,36)/t19?,20-,21+/i1D3. The Labute approximate surface area is 252 Å². The Bertz CT molecular complexity index is 2030. The quantitative estimate of drug-likeness (QED) is 0.295. The fourth-order valence-electron chi connectivity index (χ4n) is 6.60. The molecule has 43 heavy (non-hydrogen) atoms. The van der Waals surface area contributed by atoms with Crippen molar-refractivity contribution in [3.63, 3.8) is 0 Å². The van der Waals surface area contributed by atoms with Gasteiger partial charge in [0.2, 0.25) is 5.82 Å². The van der Waals surface area contributed by atoms with Crippen LogP contribution in [0.25, 0.3) is 28.0 Å². The number of carbonyl (C=O) groups excluding carboxylic acids is 1. The van der Waals surface area contributed by atoms with Crippen molar-refractivity contribution in [2.45, 2.75) is 48.6 Å². The van der Waals surface area contributed by atoms with Crippen LogP contribution in [-0.4, -0.2) is 74.2 Å². The van der Waals surface area contributed by atoms with Crippen molar-refractivity contribution in [3.05, 3.63) is 72.7 Å². The number of pyridine rings is 1. The number of ether oxygens (including phenoxy) is 1. The zero-order valence-electron chi connectivity index (χ0n) is 26.1. The predicted octanol–water partition coefficient (Wildman–Crippen LogP) is 3.73. The van der Waals surface area contributed by atoms with Gasteiger partial charge in [0, 0.05) is 53.3 Å². The Morgan fingerprint density at radius 3 is 2.44 bits per heavy atom. The molecular formula is C30H30N8O4S. The van der Waals surface area contributed by atoms with E-state index in [1.165, 1.54) is 6.33 Å². The summed E-state index contributed by atoms with van der Waals surface area (Å²) in [7, 11) is -6.29. The van der Waals surface area contributed by atoms with Crippen LogP contribution in [0, 0.1) is 0 Å². The summed E-state index contributed by atoms with van der Waals surface area (Å²) in [5.41, 5.74) is 10.4. The third-order valence-electron chi connectivity index (χ3n) is 8.50. The van der Waals surface area contributed by atoms with E-state index in [1.54, 1.807) is 41.1 Å². The van der Waals surface area contributed by atoms with Crippen LogP contribution in [0.1, 0.15) is 52.0 Å². The third-order valence-corrected chi connectivity index (χ3v) is 9.66. The maximum Gasteiger partial charge on any atom is 0.291 e. The lowest BCUT2D eigenvalue weighted by Gasteiger charge is -2.38. The molecule has 3 N–H and O–H groups in total. The number of fused-ring (bicyclic) bond motifs is 3. The average Bonchev–Trinajstić information content (AvgIpc) is 3.74. The highest BCUT2D eigenvalue weighted by Gasteiger charge is 2.46. The third kappa shape index (κ3) is 4.60. The van der Waals surface area contributed by atoms with Crippen LogP contribution in [0.2, 0.25) is 0 Å². The number of benzene rings is 1. The number of methoxy groups -OCH3 is 1. The van der Waals surface area contributed by atoms with Crippen molar-refractivity contribution in [2.75, 3.05) is 19.0 Å². The number of anilines is 1. The molecule has 2 bridgehead atoms. The highest BCUT2D eigenvalue weighted by Crippen LogP contribution is 2.46. The highest BCUT2D eigenvalue weighted by atomic mass is 32.2. The van der Waals surface area contributed by atoms with Crippen molar-refractivity contribution in [1.29, 1.82) is 0 Å². The molecule has 0 aliphatic carbocycles. The molecule has 6 heterocycles. The van der Waals surface area contributed by atoms with E-state index >= 15 is 0 Å². The van der Waals surface area contributed by atoms with E-state index in [0.29, 0.717) is 29.9 Å². The topological polar surface area (TPSA) is 161 Å². The molecule has 2 aliphatic heterocycles. The molecule has 2 aliphatic rings. The number of carbonyl (C=O) groups is 1. The van der Waals surface area contributed by atoms with Crippen LogP contribution in [-0.2, 0) is 9.84 Å². The second-order valence-corrected chi connectivity index (χ2v) is 13.0. The number of hydrogen-bond donors (Lipinski definition) is 2. The second kappa shape index (κ2) is 10.2. The van der Waals surface area contributed by atoms with Gasteiger partial charge in [-0.1, -0.05) is 6.07 Å². The molecule has 3 atom stereocenters. The monoisotopic (exact) mass is 601 g/mol. The van der Waals surface area contributed by atoms with Gasteiger partial charge in [0.25, 0.3) is 5.91 Å². The molecule has 220 valence electrons. The molecule has 1 aromatic carbocycles. The molecule has 13 heteroatoms. The van der Waals surface area contributed by atoms with Gasteiger partial charge in [-0.05, 0) is 62.1 Å². The van der Waals surface area contributed by atoms with E-state index in [1.807, 2.05) is 23.1 Å². The predicted molar refractivity (Wildman–Crippen MR) is 159 cm³/mol. The van der Waals surface area contributed by atoms with Gasteiger partial charge in [0.05, 0.1) is 22.5 Å². The molecule has 2 fully saturated rings. The molecule has 1 unspecified atom stereocenters. The summed E-state index contributed by atoms with van der Waals surface area (Å²) < 4.78 is 54.6. The van der Waals surface area contributed by atoms with E-state index < -0.39 is 16.9 Å². The first-order valence-corrected chi connectivity index (χ1v) is 15.7. The van der Waals surface area contributed by atoms with Crippen LogP contribution in [0.15, 0.2) is 66.1 Å². The van der Waals surface area contributed by atoms with E-state index in [4.69, 9.17) is 19.6 Å². The first kappa shape index (κ1) is 23.7. The summed E-state index contributed by atoms with van der Waals surface area (Å²) in [5.74, 6) is 0.0695. The summed E-state index contributed by atoms with van der Waals surface area (Å²) in [4.78, 5) is 28.7. The van der Waals surface area contributed by atoms with Gasteiger partial charge in [-0.25, -0.2) is 18.4 Å². The largest absolute Gasteiger partial charge is 0.497 e. The molecule has 0 saturated carbocycles. The van der Waals surface area contributed by atoms with Crippen molar-refractivity contribution in [2.24, 2.45) is 0 Å². The minimum atomic E-state index is -3.75. The Balaban J connectivity index is 1.22. The summed E-state index contributed by atoms with van der Waals surface area (Å²) >= 11 is 0. The van der Waals surface area contributed by atoms with E-state index in [-0.39, 0.29) is 46.2 Å². The zero-order chi connectivity index (χ0) is 32.4. The Kier molecular flexibility index (Phi) is 5.63. The van der Waals surface area contributed by atoms with Gasteiger partial charge in [-0.15, -0.1) is 0 Å². The number of amides is 1. The van der Waals surface area contributed by atoms with Crippen LogP contribution >= 0.6 is 0 Å². The number of nitrogens with one attached hydrogen (secondary N) is 1. The van der Waals surface area contributed by atoms with Crippen LogP contribution in [0.5, 0.6) is 5.75 Å². The lowest BCUT2D eigenvalue weighted by Crippen LogP contribution is -2.46. The van der Waals surface area contributed by atoms with E-state index in [2.05, 4.69) is 20.2 Å². The van der Waals surface area contributed by atoms with Gasteiger partial charge in [0.1, 0.15) is 28.4 Å². The van der Waals surface area contributed by atoms with Crippen molar-refractivity contribution in [3.8, 4) is 28.1 Å². The molecule has 2 saturated heterocycles. The SMILES string of the molecule is [2H]C([2H])([2H])Oc1ccc(-c2ccc(-c3ccn4c(N)c(S(C)(=O)=O)c(C5C[C@H]6CC[C@@H](C5)N6C(=O)c5ncn[nH]5)nc34)cn2)cc1. The Morgan fingerprint density at radius 1 is 1.07 bits per heavy atom. The van der Waals surface area contributed by atoms with Crippen LogP contribution in [0.4, 0.5) is 5.82 Å². The number of hydrogen-bond acceptors (Lipinski definition) is 9. The number of rotatable bonds is 6. The molecule has 5 aromatic rings. The minimum absolute atomic E-state index is 0.0148. The number of piperidine rings is 1. The van der Waals surface area contributed by atoms with Crippen molar-refractivity contribution >= 4 is 27.2 Å². The fourth-order valence-corrected chi connectivity index (χ4v) is 7.67. The lowest BCUT2D eigenvalue weighted by atomic mass is 9.87.